The maximum atomic E-state index is 11.0. The molecule has 3 aliphatic rings. The Morgan fingerprint density at radius 2 is 2.15 bits per heavy atom. The highest BCUT2D eigenvalue weighted by Gasteiger charge is 2.54. The zero-order valence-electron chi connectivity index (χ0n) is 15.9. The van der Waals surface area contributed by atoms with Gasteiger partial charge < -0.3 is 10.2 Å². The molecule has 0 amide bonds. The lowest BCUT2D eigenvalue weighted by Gasteiger charge is -2.26. The van der Waals surface area contributed by atoms with Crippen LogP contribution in [0.1, 0.15) is 64.2 Å². The van der Waals surface area contributed by atoms with Crippen LogP contribution < -0.4 is 0 Å². The number of fused-ring (bicyclic) bond motifs is 1. The van der Waals surface area contributed by atoms with Gasteiger partial charge in [-0.1, -0.05) is 37.3 Å². The van der Waals surface area contributed by atoms with E-state index in [2.05, 4.69) is 18.5 Å². The zero-order chi connectivity index (χ0) is 19.4. The Kier molecular flexibility index (Phi) is 6.83. The van der Waals surface area contributed by atoms with Crippen LogP contribution in [0.15, 0.2) is 17.1 Å². The fourth-order valence-corrected chi connectivity index (χ4v) is 5.30. The Morgan fingerprint density at radius 1 is 1.41 bits per heavy atom. The van der Waals surface area contributed by atoms with Crippen molar-refractivity contribution in [3.05, 3.63) is 12.2 Å². The lowest BCUT2D eigenvalue weighted by molar-refractivity contribution is -0.110. The number of aliphatic hydroxyl groups excluding tert-OH is 2. The molecule has 0 aromatic rings. The van der Waals surface area contributed by atoms with Gasteiger partial charge in [-0.25, -0.2) is 0 Å². The number of aliphatic imine (C=N–C) groups is 1. The number of terminal acetylenes is 1. The smallest absolute Gasteiger partial charge is 0.185 e. The third-order valence-electron chi connectivity index (χ3n) is 6.63. The van der Waals surface area contributed by atoms with Crippen molar-refractivity contribution in [3.8, 4) is 12.3 Å². The van der Waals surface area contributed by atoms with Crippen molar-refractivity contribution in [1.29, 1.82) is 0 Å². The van der Waals surface area contributed by atoms with Crippen molar-refractivity contribution in [2.24, 2.45) is 22.7 Å². The second kappa shape index (κ2) is 8.94. The topological polar surface area (TPSA) is 69.9 Å². The average Bonchev–Trinajstić information content (AvgIpc) is 3.12. The fourth-order valence-electron chi connectivity index (χ4n) is 5.15. The third kappa shape index (κ3) is 4.67. The highest BCUT2D eigenvalue weighted by Crippen LogP contribution is 2.50. The van der Waals surface area contributed by atoms with Crippen LogP contribution in [-0.2, 0) is 4.79 Å². The molecular weight excluding hydrogens is 358 g/mol. The quantitative estimate of drug-likeness (QED) is 0.355. The van der Waals surface area contributed by atoms with E-state index in [4.69, 9.17) is 11.4 Å². The Morgan fingerprint density at radius 3 is 2.81 bits per heavy atom. The molecule has 0 spiro atoms. The molecule has 148 valence electrons. The lowest BCUT2D eigenvalue weighted by atomic mass is 9.81. The van der Waals surface area contributed by atoms with E-state index in [9.17, 15) is 15.0 Å². The third-order valence-corrected chi connectivity index (χ3v) is 6.85. The molecule has 0 radical (unpaired) electrons. The fraction of sp³-hybridized carbons (Fsp3) is 0.727. The highest BCUT2D eigenvalue weighted by molar-refractivity contribution is 7.96. The summed E-state index contributed by atoms with van der Waals surface area (Å²) < 4.78 is 0. The van der Waals surface area contributed by atoms with Crippen LogP contribution in [0.2, 0.25) is 0 Å². The highest BCUT2D eigenvalue weighted by atomic mass is 32.1. The second-order valence-electron chi connectivity index (χ2n) is 8.43. The van der Waals surface area contributed by atoms with Crippen LogP contribution in [0.5, 0.6) is 0 Å². The average molecular weight is 390 g/mol. The summed E-state index contributed by atoms with van der Waals surface area (Å²) in [5.41, 5.74) is 0.413. The summed E-state index contributed by atoms with van der Waals surface area (Å²) in [6.45, 7) is 0. The van der Waals surface area contributed by atoms with Crippen molar-refractivity contribution >= 4 is 23.5 Å². The standard InChI is InChI=1S/C22H31NO3S/c1-2-22-14-20(25)17(11-12-19(24)15-7-4-3-5-8-15)18(22)13-16(23-22)9-6-10-21(26)27/h1,11-12,15,17-20,24-25H,3-10,13-14H2,(H,26,27). The molecule has 4 nitrogen and oxygen atoms in total. The van der Waals surface area contributed by atoms with Crippen LogP contribution in [0.3, 0.4) is 0 Å². The SMILES string of the molecule is C#CC12CC(O)C(C=CC(O)C3CCCCC3)C1CC(CCCC(=O)S)=N2. The number of hydrogen-bond acceptors (Lipinski definition) is 4. The zero-order valence-corrected chi connectivity index (χ0v) is 16.8. The first kappa shape index (κ1) is 20.6. The molecule has 0 aromatic carbocycles. The van der Waals surface area contributed by atoms with E-state index in [1.807, 2.05) is 12.2 Å². The number of rotatable bonds is 7. The molecule has 0 bridgehead atoms. The molecule has 1 aliphatic heterocycles. The summed E-state index contributed by atoms with van der Waals surface area (Å²) in [4.78, 5) is 15.8. The number of carbonyl (C=O) groups excluding carboxylic acids is 1. The first-order valence-electron chi connectivity index (χ1n) is 10.3. The second-order valence-corrected chi connectivity index (χ2v) is 8.93. The van der Waals surface area contributed by atoms with E-state index in [1.165, 1.54) is 19.3 Å². The van der Waals surface area contributed by atoms with Crippen molar-refractivity contribution < 1.29 is 15.0 Å². The van der Waals surface area contributed by atoms with Gasteiger partial charge in [-0.2, -0.15) is 0 Å². The monoisotopic (exact) mass is 389 g/mol. The van der Waals surface area contributed by atoms with Crippen LogP contribution >= 0.6 is 12.6 Å². The molecule has 5 heteroatoms. The van der Waals surface area contributed by atoms with E-state index < -0.39 is 17.7 Å². The predicted molar refractivity (Wildman–Crippen MR) is 111 cm³/mol. The first-order chi connectivity index (χ1) is 12.9. The van der Waals surface area contributed by atoms with Gasteiger partial charge >= 0.3 is 0 Å². The molecule has 2 saturated carbocycles. The van der Waals surface area contributed by atoms with Crippen molar-refractivity contribution in [2.45, 2.75) is 82.0 Å². The summed E-state index contributed by atoms with van der Waals surface area (Å²) in [6.07, 6.45) is 17.7. The molecule has 3 rings (SSSR count). The lowest BCUT2D eigenvalue weighted by Crippen LogP contribution is -2.27. The maximum Gasteiger partial charge on any atom is 0.185 e. The summed E-state index contributed by atoms with van der Waals surface area (Å²) >= 11 is 3.81. The molecule has 1 heterocycles. The van der Waals surface area contributed by atoms with E-state index in [-0.39, 0.29) is 17.0 Å². The van der Waals surface area contributed by atoms with Crippen molar-refractivity contribution in [1.82, 2.24) is 0 Å². The largest absolute Gasteiger partial charge is 0.392 e. The summed E-state index contributed by atoms with van der Waals surface area (Å²) in [5, 5.41) is 21.0. The molecule has 27 heavy (non-hydrogen) atoms. The summed E-state index contributed by atoms with van der Waals surface area (Å²) in [5.74, 6) is 3.19. The number of hydrogen-bond donors (Lipinski definition) is 3. The first-order valence-corrected chi connectivity index (χ1v) is 10.7. The molecule has 2 fully saturated rings. The summed E-state index contributed by atoms with van der Waals surface area (Å²) in [6, 6.07) is 0. The number of aliphatic hydroxyl groups is 2. The number of nitrogens with zero attached hydrogens (tertiary/aromatic N) is 1. The number of thiol groups is 1. The van der Waals surface area contributed by atoms with Crippen LogP contribution in [0.25, 0.3) is 0 Å². The molecule has 2 aliphatic carbocycles. The van der Waals surface area contributed by atoms with Gasteiger partial charge in [-0.15, -0.1) is 19.1 Å². The minimum absolute atomic E-state index is 0.0768. The van der Waals surface area contributed by atoms with E-state index >= 15 is 0 Å². The van der Waals surface area contributed by atoms with E-state index in [1.54, 1.807) is 0 Å². The van der Waals surface area contributed by atoms with Crippen molar-refractivity contribution in [2.75, 3.05) is 0 Å². The Hall–Kier alpha value is -1.09. The maximum absolute atomic E-state index is 11.0. The molecule has 0 saturated heterocycles. The minimum atomic E-state index is -0.634. The van der Waals surface area contributed by atoms with Gasteiger partial charge in [0.05, 0.1) is 12.2 Å². The molecular formula is C22H31NO3S. The molecule has 2 N–H and O–H groups in total. The van der Waals surface area contributed by atoms with Gasteiger partial charge in [0.1, 0.15) is 5.54 Å². The van der Waals surface area contributed by atoms with Gasteiger partial charge in [0.15, 0.2) is 5.12 Å². The van der Waals surface area contributed by atoms with E-state index in [0.717, 1.165) is 37.8 Å². The van der Waals surface area contributed by atoms with Gasteiger partial charge in [-0.05, 0) is 38.0 Å². The van der Waals surface area contributed by atoms with Crippen molar-refractivity contribution in [3.63, 3.8) is 0 Å². The van der Waals surface area contributed by atoms with Crippen LogP contribution in [0, 0.1) is 30.1 Å². The normalized spacial score (nSPS) is 35.0. The van der Waals surface area contributed by atoms with Gasteiger partial charge in [0, 0.05) is 30.4 Å². The molecule has 5 atom stereocenters. The Labute approximate surface area is 167 Å². The minimum Gasteiger partial charge on any atom is -0.392 e. The van der Waals surface area contributed by atoms with Crippen LogP contribution in [0.4, 0.5) is 0 Å². The van der Waals surface area contributed by atoms with Gasteiger partial charge in [0.25, 0.3) is 0 Å². The van der Waals surface area contributed by atoms with Crippen LogP contribution in [-0.4, -0.2) is 38.8 Å². The van der Waals surface area contributed by atoms with E-state index in [0.29, 0.717) is 18.8 Å². The van der Waals surface area contributed by atoms with Gasteiger partial charge in [0.2, 0.25) is 0 Å². The molecule has 0 aromatic heterocycles. The van der Waals surface area contributed by atoms with Gasteiger partial charge in [-0.3, -0.25) is 9.79 Å². The summed E-state index contributed by atoms with van der Waals surface area (Å²) in [7, 11) is 0. The molecule has 5 unspecified atom stereocenters. The predicted octanol–water partition coefficient (Wildman–Crippen LogP) is 3.32. The Bertz CT molecular complexity index is 646. The Balaban J connectivity index is 1.65. The number of carbonyl (C=O) groups is 1.